The van der Waals surface area contributed by atoms with Crippen LogP contribution in [0, 0.1) is 17.2 Å². The Hall–Kier alpha value is -2.25. The molecule has 2 heterocycles. The quantitative estimate of drug-likeness (QED) is 0.880. The summed E-state index contributed by atoms with van der Waals surface area (Å²) in [7, 11) is 0. The van der Waals surface area contributed by atoms with Crippen LogP contribution in [0.1, 0.15) is 33.6 Å². The first-order valence-corrected chi connectivity index (χ1v) is 9.11. The van der Waals surface area contributed by atoms with Crippen LogP contribution in [0.15, 0.2) is 22.6 Å². The smallest absolute Gasteiger partial charge is 0.321 e. The molecule has 1 saturated heterocycles. The minimum Gasteiger partial charge on any atom is -0.423 e. The van der Waals surface area contributed by atoms with Crippen molar-refractivity contribution >= 4 is 23.0 Å². The number of anilines is 1. The van der Waals surface area contributed by atoms with E-state index in [4.69, 9.17) is 4.42 Å². The van der Waals surface area contributed by atoms with Crippen LogP contribution in [0.25, 0.3) is 11.1 Å². The van der Waals surface area contributed by atoms with Crippen molar-refractivity contribution in [2.24, 2.45) is 11.3 Å². The predicted molar refractivity (Wildman–Crippen MR) is 94.2 cm³/mol. The molecular weight excluding hydrogens is 359 g/mol. The molecule has 1 saturated carbocycles. The molecule has 4 rings (SSSR count). The summed E-state index contributed by atoms with van der Waals surface area (Å²) in [5, 5.41) is 2.53. The average molecular weight is 381 g/mol. The van der Waals surface area contributed by atoms with Crippen molar-refractivity contribution < 1.29 is 22.4 Å². The van der Waals surface area contributed by atoms with Gasteiger partial charge in [0.1, 0.15) is 5.52 Å². The predicted octanol–water partition coefficient (Wildman–Crippen LogP) is 3.73. The Bertz CT molecular complexity index is 890. The van der Waals surface area contributed by atoms with E-state index in [0.717, 1.165) is 12.8 Å². The Morgan fingerprint density at radius 2 is 2.15 bits per heavy atom. The standard InChI is InChI=1S/C19H22F3N3O2/c1-18(2)14(24-16(26)19(3,21)22)10-6-5-9-25(15(10)18)17-23-13-11(20)7-4-8-12(13)27-17/h4,7-8,10,14-15H,5-6,9H2,1-3H3,(H,24,26). The average Bonchev–Trinajstić information content (AvgIpc) is 3.03. The molecule has 146 valence electrons. The number of piperidine rings is 1. The van der Waals surface area contributed by atoms with Gasteiger partial charge in [-0.1, -0.05) is 19.9 Å². The Balaban J connectivity index is 1.62. The topological polar surface area (TPSA) is 58.4 Å². The first-order valence-electron chi connectivity index (χ1n) is 9.11. The zero-order chi connectivity index (χ0) is 19.6. The van der Waals surface area contributed by atoms with Crippen LogP contribution in [0.2, 0.25) is 0 Å². The number of carbonyl (C=O) groups is 1. The Morgan fingerprint density at radius 1 is 1.41 bits per heavy atom. The number of rotatable bonds is 3. The van der Waals surface area contributed by atoms with Gasteiger partial charge in [-0.15, -0.1) is 0 Å². The van der Waals surface area contributed by atoms with E-state index in [9.17, 15) is 18.0 Å². The number of para-hydroxylation sites is 1. The lowest BCUT2D eigenvalue weighted by Crippen LogP contribution is -2.75. The summed E-state index contributed by atoms with van der Waals surface area (Å²) in [6, 6.07) is 4.51. The maximum Gasteiger partial charge on any atom is 0.321 e. The van der Waals surface area contributed by atoms with Gasteiger partial charge >= 0.3 is 5.92 Å². The Kier molecular flexibility index (Phi) is 3.94. The molecule has 8 heteroatoms. The lowest BCUT2D eigenvalue weighted by Gasteiger charge is -2.63. The van der Waals surface area contributed by atoms with E-state index in [1.807, 2.05) is 18.7 Å². The van der Waals surface area contributed by atoms with E-state index in [2.05, 4.69) is 10.3 Å². The summed E-state index contributed by atoms with van der Waals surface area (Å²) in [6.07, 6.45) is 1.63. The number of oxazole rings is 1. The fourth-order valence-corrected chi connectivity index (χ4v) is 4.75. The Morgan fingerprint density at radius 3 is 2.81 bits per heavy atom. The van der Waals surface area contributed by atoms with Crippen molar-refractivity contribution in [2.75, 3.05) is 11.4 Å². The highest BCUT2D eigenvalue weighted by atomic mass is 19.3. The van der Waals surface area contributed by atoms with Crippen molar-refractivity contribution in [1.29, 1.82) is 0 Å². The molecule has 0 spiro atoms. The summed E-state index contributed by atoms with van der Waals surface area (Å²) in [4.78, 5) is 18.1. The van der Waals surface area contributed by atoms with E-state index >= 15 is 0 Å². The largest absolute Gasteiger partial charge is 0.423 e. The number of nitrogens with zero attached hydrogens (tertiary/aromatic N) is 2. The van der Waals surface area contributed by atoms with Crippen molar-refractivity contribution in [2.45, 2.75) is 51.6 Å². The van der Waals surface area contributed by atoms with E-state index in [-0.39, 0.29) is 23.5 Å². The van der Waals surface area contributed by atoms with Crippen LogP contribution in [-0.2, 0) is 4.79 Å². The van der Waals surface area contributed by atoms with Gasteiger partial charge in [0.05, 0.1) is 0 Å². The SMILES string of the molecule is CC(F)(F)C(=O)NC1C2CCCN(c3nc4c(F)cccc4o3)C2C1(C)C. The summed E-state index contributed by atoms with van der Waals surface area (Å²) in [5.74, 6) is -5.09. The van der Waals surface area contributed by atoms with Gasteiger partial charge in [-0.2, -0.15) is 13.8 Å². The number of nitrogens with one attached hydrogen (secondary N) is 1. The van der Waals surface area contributed by atoms with Crippen LogP contribution < -0.4 is 10.2 Å². The summed E-state index contributed by atoms with van der Waals surface area (Å²) >= 11 is 0. The second-order valence-electron chi connectivity index (χ2n) is 8.19. The molecule has 3 unspecified atom stereocenters. The van der Waals surface area contributed by atoms with Gasteiger partial charge in [-0.25, -0.2) is 4.39 Å². The summed E-state index contributed by atoms with van der Waals surface area (Å²) < 4.78 is 46.4. The normalized spacial score (nSPS) is 27.2. The maximum atomic E-state index is 14.0. The van der Waals surface area contributed by atoms with E-state index in [1.54, 1.807) is 12.1 Å². The van der Waals surface area contributed by atoms with Gasteiger partial charge in [-0.3, -0.25) is 4.79 Å². The third-order valence-electron chi connectivity index (χ3n) is 5.96. The molecule has 2 aromatic rings. The number of hydrogen-bond acceptors (Lipinski definition) is 4. The van der Waals surface area contributed by atoms with Crippen LogP contribution >= 0.6 is 0 Å². The molecule has 1 aromatic carbocycles. The molecule has 1 N–H and O–H groups in total. The number of amides is 1. The number of aromatic nitrogens is 1. The number of benzene rings is 1. The second-order valence-corrected chi connectivity index (χ2v) is 8.19. The first-order chi connectivity index (χ1) is 12.6. The molecule has 2 aliphatic rings. The lowest BCUT2D eigenvalue weighted by atomic mass is 9.52. The minimum atomic E-state index is -3.41. The van der Waals surface area contributed by atoms with Crippen molar-refractivity contribution in [1.82, 2.24) is 10.3 Å². The molecule has 0 bridgehead atoms. The molecule has 5 nitrogen and oxygen atoms in total. The monoisotopic (exact) mass is 381 g/mol. The number of halogens is 3. The number of fused-ring (bicyclic) bond motifs is 2. The highest BCUT2D eigenvalue weighted by molar-refractivity contribution is 5.83. The third-order valence-corrected chi connectivity index (χ3v) is 5.96. The molecule has 1 aliphatic heterocycles. The minimum absolute atomic E-state index is 0.0138. The number of hydrogen-bond donors (Lipinski definition) is 1. The highest BCUT2D eigenvalue weighted by Gasteiger charge is 2.61. The molecule has 1 aromatic heterocycles. The van der Waals surface area contributed by atoms with Gasteiger partial charge in [0.15, 0.2) is 11.4 Å². The third kappa shape index (κ3) is 2.76. The first kappa shape index (κ1) is 18.1. The Labute approximate surface area is 154 Å². The zero-order valence-corrected chi connectivity index (χ0v) is 15.4. The molecule has 3 atom stereocenters. The van der Waals surface area contributed by atoms with Gasteiger partial charge < -0.3 is 14.6 Å². The number of alkyl halides is 2. The number of carbonyl (C=O) groups excluding carboxylic acids is 1. The molecule has 27 heavy (non-hydrogen) atoms. The fourth-order valence-electron chi connectivity index (χ4n) is 4.75. The van der Waals surface area contributed by atoms with Crippen molar-refractivity contribution in [3.63, 3.8) is 0 Å². The molecule has 1 amide bonds. The molecule has 1 aliphatic carbocycles. The van der Waals surface area contributed by atoms with Gasteiger partial charge in [-0.05, 0) is 25.0 Å². The van der Waals surface area contributed by atoms with Crippen molar-refractivity contribution in [3.8, 4) is 0 Å². The fraction of sp³-hybridized carbons (Fsp3) is 0.579. The van der Waals surface area contributed by atoms with Gasteiger partial charge in [0, 0.05) is 36.9 Å². The zero-order valence-electron chi connectivity index (χ0n) is 15.4. The van der Waals surface area contributed by atoms with E-state index in [1.165, 1.54) is 6.07 Å². The van der Waals surface area contributed by atoms with Crippen LogP contribution in [0.4, 0.5) is 19.2 Å². The van der Waals surface area contributed by atoms with Crippen molar-refractivity contribution in [3.05, 3.63) is 24.0 Å². The van der Waals surface area contributed by atoms with Crippen LogP contribution in [0.3, 0.4) is 0 Å². The van der Waals surface area contributed by atoms with Crippen LogP contribution in [0.5, 0.6) is 0 Å². The summed E-state index contributed by atoms with van der Waals surface area (Å²) in [5.41, 5.74) is 0.104. The summed E-state index contributed by atoms with van der Waals surface area (Å²) in [6.45, 7) is 5.16. The van der Waals surface area contributed by atoms with E-state index < -0.39 is 23.1 Å². The van der Waals surface area contributed by atoms with Gasteiger partial charge in [0.25, 0.3) is 11.9 Å². The second kappa shape index (κ2) is 5.87. The van der Waals surface area contributed by atoms with E-state index in [0.29, 0.717) is 25.1 Å². The van der Waals surface area contributed by atoms with Gasteiger partial charge in [0.2, 0.25) is 0 Å². The lowest BCUT2D eigenvalue weighted by molar-refractivity contribution is -0.149. The highest BCUT2D eigenvalue weighted by Crippen LogP contribution is 2.53. The molecule has 0 radical (unpaired) electrons. The molecular formula is C19H22F3N3O2. The molecule has 2 fully saturated rings. The maximum absolute atomic E-state index is 14.0. The van der Waals surface area contributed by atoms with Crippen LogP contribution in [-0.4, -0.2) is 35.4 Å².